The van der Waals surface area contributed by atoms with Gasteiger partial charge < -0.3 is 29.4 Å². The Balaban J connectivity index is 1.49. The Bertz CT molecular complexity index is 1240. The molecule has 4 rings (SSSR count). The molecule has 0 unspecified atom stereocenters. The smallest absolute Gasteiger partial charge is 0.313 e. The molecule has 1 aromatic heterocycles. The Kier molecular flexibility index (Phi) is 6.27. The minimum Gasteiger partial charge on any atom is -0.496 e. The zero-order chi connectivity index (χ0) is 24.3. The van der Waals surface area contributed by atoms with Crippen molar-refractivity contribution in [3.63, 3.8) is 0 Å². The number of carboxylic acids is 1. The summed E-state index contributed by atoms with van der Waals surface area (Å²) < 4.78 is 21.9. The molecule has 176 valence electrons. The molecule has 0 bridgehead atoms. The Hall–Kier alpha value is -4.27. The highest BCUT2D eigenvalue weighted by molar-refractivity contribution is 5.96. The van der Waals surface area contributed by atoms with Gasteiger partial charge in [-0.05, 0) is 49.7 Å². The molecule has 2 N–H and O–H groups in total. The van der Waals surface area contributed by atoms with E-state index in [1.54, 1.807) is 62.4 Å². The maximum Gasteiger partial charge on any atom is 0.313 e. The van der Waals surface area contributed by atoms with E-state index in [4.69, 9.17) is 18.9 Å². The number of hydrogen-bond acceptors (Lipinski definition) is 7. The van der Waals surface area contributed by atoms with Crippen LogP contribution in [0.15, 0.2) is 54.7 Å². The lowest BCUT2D eigenvalue weighted by atomic mass is 9.84. The van der Waals surface area contributed by atoms with E-state index in [9.17, 15) is 14.7 Å². The van der Waals surface area contributed by atoms with Crippen LogP contribution >= 0.6 is 0 Å². The van der Waals surface area contributed by atoms with E-state index in [1.165, 1.54) is 13.3 Å². The molecular formula is C25H24N2O7. The molecule has 9 nitrogen and oxygen atoms in total. The standard InChI is InChI=1S/C25H24N2O7/c1-25(2,24(29)30)16-7-6-15(20(11-16)31-3)13-27-22(28)18-5-4-10-26-23(18)34-17-8-9-19-21(12-17)33-14-32-19/h4-12H,13-14H2,1-3H3,(H,27,28)(H,29,30). The summed E-state index contributed by atoms with van der Waals surface area (Å²) in [6.07, 6.45) is 1.53. The molecule has 1 aliphatic heterocycles. The van der Waals surface area contributed by atoms with Gasteiger partial charge in [0.1, 0.15) is 17.1 Å². The summed E-state index contributed by atoms with van der Waals surface area (Å²) >= 11 is 0. The number of aliphatic carboxylic acids is 1. The van der Waals surface area contributed by atoms with Gasteiger partial charge in [-0.25, -0.2) is 4.98 Å². The lowest BCUT2D eigenvalue weighted by molar-refractivity contribution is -0.142. The second kappa shape index (κ2) is 9.30. The minimum atomic E-state index is -1.08. The lowest BCUT2D eigenvalue weighted by Crippen LogP contribution is -2.28. The van der Waals surface area contributed by atoms with Crippen LogP contribution in [0.4, 0.5) is 0 Å². The number of fused-ring (bicyclic) bond motifs is 1. The molecule has 9 heteroatoms. The SMILES string of the molecule is COc1cc(C(C)(C)C(=O)O)ccc1CNC(=O)c1cccnc1Oc1ccc2c(c1)OCO2. The third kappa shape index (κ3) is 4.59. The number of nitrogens with one attached hydrogen (secondary N) is 1. The number of hydrogen-bond donors (Lipinski definition) is 2. The van der Waals surface area contributed by atoms with E-state index in [1.807, 2.05) is 0 Å². The maximum absolute atomic E-state index is 12.9. The highest BCUT2D eigenvalue weighted by Gasteiger charge is 2.30. The third-order valence-electron chi connectivity index (χ3n) is 5.56. The average molecular weight is 464 g/mol. The molecule has 3 aromatic rings. The van der Waals surface area contributed by atoms with Crippen molar-refractivity contribution in [1.29, 1.82) is 0 Å². The number of ether oxygens (including phenoxy) is 4. The molecule has 2 aromatic carbocycles. The van der Waals surface area contributed by atoms with Crippen LogP contribution in [0.3, 0.4) is 0 Å². The largest absolute Gasteiger partial charge is 0.496 e. The van der Waals surface area contributed by atoms with E-state index < -0.39 is 11.4 Å². The Labute approximate surface area is 196 Å². The molecule has 0 radical (unpaired) electrons. The topological polar surface area (TPSA) is 116 Å². The van der Waals surface area contributed by atoms with Crippen molar-refractivity contribution in [2.24, 2.45) is 0 Å². The number of aromatic nitrogens is 1. The number of benzene rings is 2. The molecule has 34 heavy (non-hydrogen) atoms. The van der Waals surface area contributed by atoms with Crippen LogP contribution in [0.25, 0.3) is 0 Å². The van der Waals surface area contributed by atoms with Crippen LogP contribution in [-0.4, -0.2) is 35.9 Å². The molecular weight excluding hydrogens is 440 g/mol. The normalized spacial score (nSPS) is 12.2. The zero-order valence-corrected chi connectivity index (χ0v) is 19.0. The summed E-state index contributed by atoms with van der Waals surface area (Å²) in [5.74, 6) is 0.928. The van der Waals surface area contributed by atoms with E-state index in [-0.39, 0.29) is 30.7 Å². The van der Waals surface area contributed by atoms with Gasteiger partial charge in [0, 0.05) is 24.4 Å². The molecule has 0 saturated heterocycles. The molecule has 0 atom stereocenters. The van der Waals surface area contributed by atoms with Crippen LogP contribution in [0.2, 0.25) is 0 Å². The number of nitrogens with zero attached hydrogens (tertiary/aromatic N) is 1. The predicted octanol–water partition coefficient (Wildman–Crippen LogP) is 3.90. The van der Waals surface area contributed by atoms with Crippen molar-refractivity contribution in [3.8, 4) is 28.9 Å². The Morgan fingerprint density at radius 2 is 1.91 bits per heavy atom. The number of carbonyl (C=O) groups excluding carboxylic acids is 1. The average Bonchev–Trinajstić information content (AvgIpc) is 3.30. The second-order valence-corrected chi connectivity index (χ2v) is 8.11. The second-order valence-electron chi connectivity index (χ2n) is 8.11. The fourth-order valence-corrected chi connectivity index (χ4v) is 3.37. The van der Waals surface area contributed by atoms with Crippen molar-refractivity contribution in [1.82, 2.24) is 10.3 Å². The summed E-state index contributed by atoms with van der Waals surface area (Å²) in [4.78, 5) is 28.7. The molecule has 1 amide bonds. The first kappa shape index (κ1) is 22.9. The van der Waals surface area contributed by atoms with Crippen molar-refractivity contribution < 1.29 is 33.6 Å². The molecule has 0 spiro atoms. The van der Waals surface area contributed by atoms with Gasteiger partial charge >= 0.3 is 5.97 Å². The number of pyridine rings is 1. The summed E-state index contributed by atoms with van der Waals surface area (Å²) in [7, 11) is 1.50. The number of carbonyl (C=O) groups is 2. The van der Waals surface area contributed by atoms with Crippen LogP contribution < -0.4 is 24.3 Å². The Morgan fingerprint density at radius 1 is 1.12 bits per heavy atom. The van der Waals surface area contributed by atoms with Crippen molar-refractivity contribution in [2.45, 2.75) is 25.8 Å². The highest BCUT2D eigenvalue weighted by Crippen LogP contribution is 2.36. The molecule has 0 fully saturated rings. The van der Waals surface area contributed by atoms with Crippen LogP contribution in [-0.2, 0) is 16.8 Å². The van der Waals surface area contributed by atoms with E-state index in [0.717, 1.165) is 0 Å². The van der Waals surface area contributed by atoms with E-state index in [2.05, 4.69) is 10.3 Å². The third-order valence-corrected chi connectivity index (χ3v) is 5.56. The van der Waals surface area contributed by atoms with E-state index >= 15 is 0 Å². The number of methoxy groups -OCH3 is 1. The van der Waals surface area contributed by atoms with Crippen molar-refractivity contribution >= 4 is 11.9 Å². The fraction of sp³-hybridized carbons (Fsp3) is 0.240. The summed E-state index contributed by atoms with van der Waals surface area (Å²) in [5.41, 5.74) is 0.468. The molecule has 0 saturated carbocycles. The molecule has 0 aliphatic carbocycles. The van der Waals surface area contributed by atoms with Crippen molar-refractivity contribution in [2.75, 3.05) is 13.9 Å². The van der Waals surface area contributed by atoms with Gasteiger partial charge in [0.2, 0.25) is 12.7 Å². The van der Waals surface area contributed by atoms with Crippen LogP contribution in [0, 0.1) is 0 Å². The summed E-state index contributed by atoms with van der Waals surface area (Å²) in [6.45, 7) is 3.55. The lowest BCUT2D eigenvalue weighted by Gasteiger charge is -2.21. The first-order valence-corrected chi connectivity index (χ1v) is 10.5. The first-order valence-electron chi connectivity index (χ1n) is 10.5. The number of rotatable bonds is 8. The predicted molar refractivity (Wildman–Crippen MR) is 122 cm³/mol. The van der Waals surface area contributed by atoms with Gasteiger partial charge in [-0.15, -0.1) is 0 Å². The van der Waals surface area contributed by atoms with Gasteiger partial charge in [0.15, 0.2) is 11.5 Å². The minimum absolute atomic E-state index is 0.143. The van der Waals surface area contributed by atoms with Gasteiger partial charge in [0.25, 0.3) is 5.91 Å². The molecule has 2 heterocycles. The van der Waals surface area contributed by atoms with Crippen LogP contribution in [0.1, 0.15) is 35.3 Å². The summed E-state index contributed by atoms with van der Waals surface area (Å²) in [6, 6.07) is 13.5. The number of amides is 1. The quantitative estimate of drug-likeness (QED) is 0.516. The maximum atomic E-state index is 12.9. The van der Waals surface area contributed by atoms with Gasteiger partial charge in [-0.1, -0.05) is 12.1 Å². The fourth-order valence-electron chi connectivity index (χ4n) is 3.37. The van der Waals surface area contributed by atoms with Gasteiger partial charge in [0.05, 0.1) is 12.5 Å². The number of carboxylic acid groups (broad SMARTS) is 1. The first-order chi connectivity index (χ1) is 16.3. The van der Waals surface area contributed by atoms with Crippen molar-refractivity contribution in [3.05, 3.63) is 71.4 Å². The van der Waals surface area contributed by atoms with Gasteiger partial charge in [-0.3, -0.25) is 9.59 Å². The zero-order valence-electron chi connectivity index (χ0n) is 19.0. The molecule has 1 aliphatic rings. The monoisotopic (exact) mass is 464 g/mol. The van der Waals surface area contributed by atoms with Crippen LogP contribution in [0.5, 0.6) is 28.9 Å². The van der Waals surface area contributed by atoms with Gasteiger partial charge in [-0.2, -0.15) is 0 Å². The van der Waals surface area contributed by atoms with E-state index in [0.29, 0.717) is 34.1 Å². The highest BCUT2D eigenvalue weighted by atomic mass is 16.7. The Morgan fingerprint density at radius 3 is 2.68 bits per heavy atom. The summed E-state index contributed by atoms with van der Waals surface area (Å²) in [5, 5.41) is 12.3.